The number of hydrogen-bond donors (Lipinski definition) is 1. The third-order valence-electron chi connectivity index (χ3n) is 3.16. The van der Waals surface area contributed by atoms with Gasteiger partial charge in [0.2, 0.25) is 0 Å². The van der Waals surface area contributed by atoms with Crippen molar-refractivity contribution in [1.29, 1.82) is 0 Å². The average Bonchev–Trinajstić information content (AvgIpc) is 2.58. The molecule has 0 aliphatic heterocycles. The fourth-order valence-electron chi connectivity index (χ4n) is 1.91. The molecule has 0 unspecified atom stereocenters. The van der Waals surface area contributed by atoms with E-state index in [2.05, 4.69) is 5.32 Å². The fraction of sp³-hybridized carbons (Fsp3) is 0.417. The van der Waals surface area contributed by atoms with Gasteiger partial charge in [0.25, 0.3) is 17.3 Å². The fourth-order valence-corrected chi connectivity index (χ4v) is 3.29. The van der Waals surface area contributed by atoms with Crippen LogP contribution in [0.3, 0.4) is 0 Å². The number of benzene rings is 1. The van der Waals surface area contributed by atoms with Crippen LogP contribution in [0.4, 0.5) is 11.4 Å². The normalized spacial score (nSPS) is 12.5. The Labute approximate surface area is 136 Å². The number of nitrogens with zero attached hydrogens (tertiary/aromatic N) is 2. The second-order valence-corrected chi connectivity index (χ2v) is 6.99. The monoisotopic (exact) mass is 361 g/mol. The van der Waals surface area contributed by atoms with Crippen LogP contribution in [0.2, 0.25) is 0 Å². The van der Waals surface area contributed by atoms with E-state index in [0.29, 0.717) is 0 Å². The zero-order valence-electron chi connectivity index (χ0n) is 13.1. The molecule has 12 heteroatoms. The number of carbonyl (C=O) groups excluding carboxylic acids is 1. The predicted molar refractivity (Wildman–Crippen MR) is 82.9 cm³/mol. The van der Waals surface area contributed by atoms with Crippen molar-refractivity contribution in [3.63, 3.8) is 0 Å². The maximum atomic E-state index is 12.3. The zero-order chi connectivity index (χ0) is 18.5. The number of non-ortho nitro benzene ring substituents is 2. The summed E-state index contributed by atoms with van der Waals surface area (Å²) in [5, 5.41) is 24.1. The molecule has 0 radical (unpaired) electrons. The second-order valence-electron chi connectivity index (χ2n) is 4.55. The Morgan fingerprint density at radius 3 is 1.96 bits per heavy atom. The summed E-state index contributed by atoms with van der Waals surface area (Å²) >= 11 is 0. The molecule has 1 amide bonds. The van der Waals surface area contributed by atoms with E-state index >= 15 is 0 Å². The van der Waals surface area contributed by atoms with Gasteiger partial charge in [-0.15, -0.1) is 0 Å². The van der Waals surface area contributed by atoms with Gasteiger partial charge in [0.05, 0.1) is 21.5 Å². The van der Waals surface area contributed by atoms with Crippen LogP contribution in [0.25, 0.3) is 0 Å². The van der Waals surface area contributed by atoms with Crippen molar-refractivity contribution in [3.8, 4) is 0 Å². The molecule has 1 N–H and O–H groups in total. The lowest BCUT2D eigenvalue weighted by Gasteiger charge is -2.24. The molecular formula is C12H16N3O8P. The molecule has 0 saturated carbocycles. The van der Waals surface area contributed by atoms with Crippen molar-refractivity contribution in [2.24, 2.45) is 0 Å². The average molecular weight is 361 g/mol. The van der Waals surface area contributed by atoms with Crippen LogP contribution < -0.4 is 5.32 Å². The second kappa shape index (κ2) is 7.95. The third kappa shape index (κ3) is 4.34. The lowest BCUT2D eigenvalue weighted by atomic mass is 10.1. The molecule has 1 atom stereocenters. The van der Waals surface area contributed by atoms with Crippen molar-refractivity contribution < 1.29 is 28.3 Å². The Morgan fingerprint density at radius 2 is 1.62 bits per heavy atom. The molecule has 0 saturated heterocycles. The minimum Gasteiger partial charge on any atom is -0.338 e. The first-order valence-corrected chi connectivity index (χ1v) is 8.25. The molecule has 1 aromatic rings. The van der Waals surface area contributed by atoms with Gasteiger partial charge in [-0.1, -0.05) is 6.92 Å². The summed E-state index contributed by atoms with van der Waals surface area (Å²) in [6.07, 6.45) is 0.182. The summed E-state index contributed by atoms with van der Waals surface area (Å²) in [5.74, 6) is -1.89. The van der Waals surface area contributed by atoms with E-state index < -0.39 is 40.5 Å². The van der Waals surface area contributed by atoms with E-state index in [9.17, 15) is 29.6 Å². The lowest BCUT2D eigenvalue weighted by Crippen LogP contribution is -2.35. The lowest BCUT2D eigenvalue weighted by molar-refractivity contribution is -0.394. The molecule has 0 fully saturated rings. The van der Waals surface area contributed by atoms with Crippen LogP contribution in [0.5, 0.6) is 0 Å². The van der Waals surface area contributed by atoms with Gasteiger partial charge >= 0.3 is 7.60 Å². The Kier molecular flexibility index (Phi) is 6.52. The molecule has 0 heterocycles. The van der Waals surface area contributed by atoms with Crippen molar-refractivity contribution in [1.82, 2.24) is 5.32 Å². The molecule has 1 aromatic carbocycles. The number of amides is 1. The minimum atomic E-state index is -3.63. The molecule has 24 heavy (non-hydrogen) atoms. The number of rotatable bonds is 8. The Morgan fingerprint density at radius 1 is 1.17 bits per heavy atom. The van der Waals surface area contributed by atoms with Crippen molar-refractivity contribution in [2.45, 2.75) is 19.1 Å². The highest BCUT2D eigenvalue weighted by molar-refractivity contribution is 7.54. The van der Waals surface area contributed by atoms with E-state index in [4.69, 9.17) is 9.05 Å². The van der Waals surface area contributed by atoms with Crippen LogP contribution >= 0.6 is 7.60 Å². The molecule has 0 aliphatic carbocycles. The highest BCUT2D eigenvalue weighted by Gasteiger charge is 2.34. The third-order valence-corrected chi connectivity index (χ3v) is 5.44. The molecule has 132 valence electrons. The zero-order valence-corrected chi connectivity index (χ0v) is 14.0. The predicted octanol–water partition coefficient (Wildman–Crippen LogP) is 2.45. The van der Waals surface area contributed by atoms with Crippen LogP contribution in [0.15, 0.2) is 18.2 Å². The summed E-state index contributed by atoms with van der Waals surface area (Å²) in [6, 6.07) is 2.52. The van der Waals surface area contributed by atoms with Gasteiger partial charge in [0.15, 0.2) is 0 Å². The van der Waals surface area contributed by atoms with E-state index in [0.717, 1.165) is 32.4 Å². The first-order chi connectivity index (χ1) is 11.2. The van der Waals surface area contributed by atoms with Crippen LogP contribution in [-0.2, 0) is 13.6 Å². The first kappa shape index (κ1) is 19.7. The standard InChI is InChI=1S/C12H16N3O8P/c1-4-11(24(21,22-2)23-3)13-12(16)8-5-9(14(17)18)7-10(6-8)15(19)20/h5-7,11H,4H2,1-3H3,(H,13,16)/t11-/m1/s1. The summed E-state index contributed by atoms with van der Waals surface area (Å²) in [7, 11) is -1.33. The quantitative estimate of drug-likeness (QED) is 0.421. The van der Waals surface area contributed by atoms with Gasteiger partial charge in [0.1, 0.15) is 5.78 Å². The number of nitro benzene ring substituents is 2. The molecule has 0 aliphatic rings. The summed E-state index contributed by atoms with van der Waals surface area (Å²) in [4.78, 5) is 32.2. The van der Waals surface area contributed by atoms with Gasteiger partial charge in [-0.3, -0.25) is 29.6 Å². The van der Waals surface area contributed by atoms with E-state index in [1.807, 2.05) is 0 Å². The Hall–Kier alpha value is -2.36. The maximum Gasteiger partial charge on any atom is 0.352 e. The van der Waals surface area contributed by atoms with Gasteiger partial charge in [-0.25, -0.2) is 0 Å². The van der Waals surface area contributed by atoms with Crippen molar-refractivity contribution in [2.75, 3.05) is 14.2 Å². The number of nitro groups is 2. The number of hydrogen-bond acceptors (Lipinski definition) is 8. The smallest absolute Gasteiger partial charge is 0.338 e. The molecule has 0 spiro atoms. The van der Waals surface area contributed by atoms with Crippen LogP contribution in [0.1, 0.15) is 23.7 Å². The first-order valence-electron chi connectivity index (χ1n) is 6.64. The number of nitrogens with one attached hydrogen (secondary N) is 1. The SMILES string of the molecule is CC[C@H](NC(=O)c1cc([N+](=O)[O-])cc([N+](=O)[O-])c1)P(=O)(OC)OC. The largest absolute Gasteiger partial charge is 0.352 e. The van der Waals surface area contributed by atoms with Gasteiger partial charge in [-0.05, 0) is 6.42 Å². The molecule has 0 aromatic heterocycles. The Balaban J connectivity index is 3.21. The molecule has 11 nitrogen and oxygen atoms in total. The van der Waals surface area contributed by atoms with Crippen molar-refractivity contribution >= 4 is 24.9 Å². The van der Waals surface area contributed by atoms with Gasteiger partial charge < -0.3 is 14.4 Å². The topological polar surface area (TPSA) is 151 Å². The van der Waals surface area contributed by atoms with Crippen LogP contribution in [-0.4, -0.2) is 35.8 Å². The van der Waals surface area contributed by atoms with E-state index in [-0.39, 0.29) is 12.0 Å². The maximum absolute atomic E-state index is 12.3. The highest BCUT2D eigenvalue weighted by atomic mass is 31.2. The minimum absolute atomic E-state index is 0.182. The summed E-state index contributed by atoms with van der Waals surface area (Å²) < 4.78 is 21.9. The molecule has 0 bridgehead atoms. The van der Waals surface area contributed by atoms with E-state index in [1.165, 1.54) is 0 Å². The molecule has 1 rings (SSSR count). The van der Waals surface area contributed by atoms with Crippen molar-refractivity contribution in [3.05, 3.63) is 44.0 Å². The Bertz CT molecular complexity index is 667. The van der Waals surface area contributed by atoms with Gasteiger partial charge in [0, 0.05) is 26.4 Å². The number of carbonyl (C=O) groups is 1. The van der Waals surface area contributed by atoms with Crippen LogP contribution in [0, 0.1) is 20.2 Å². The summed E-state index contributed by atoms with van der Waals surface area (Å²) in [6.45, 7) is 1.62. The molecular weight excluding hydrogens is 345 g/mol. The van der Waals surface area contributed by atoms with E-state index in [1.54, 1.807) is 6.92 Å². The van der Waals surface area contributed by atoms with Gasteiger partial charge in [-0.2, -0.15) is 0 Å². The highest BCUT2D eigenvalue weighted by Crippen LogP contribution is 2.51. The summed E-state index contributed by atoms with van der Waals surface area (Å²) in [5.41, 5.74) is -1.53.